The number of nitrogens with zero attached hydrogens (tertiary/aromatic N) is 3. The topological polar surface area (TPSA) is 46.0 Å². The highest BCUT2D eigenvalue weighted by Crippen LogP contribution is 2.00. The van der Waals surface area contributed by atoms with Crippen LogP contribution in [0.3, 0.4) is 0 Å². The van der Waals surface area contributed by atoms with E-state index >= 15 is 0 Å². The Balaban J connectivity index is 2.22. The Kier molecular flexibility index (Phi) is 2.73. The zero-order chi connectivity index (χ0) is 10.7. The van der Waals surface area contributed by atoms with Gasteiger partial charge in [0.1, 0.15) is 6.33 Å². The van der Waals surface area contributed by atoms with Crippen molar-refractivity contribution in [2.45, 2.75) is 6.92 Å². The quantitative estimate of drug-likeness (QED) is 0.620. The van der Waals surface area contributed by atoms with Gasteiger partial charge in [0.2, 0.25) is 4.77 Å². The van der Waals surface area contributed by atoms with Gasteiger partial charge in [0.05, 0.1) is 6.21 Å². The first-order valence-corrected chi connectivity index (χ1v) is 4.89. The Bertz CT molecular complexity index is 521. The average molecular weight is 218 g/mol. The fourth-order valence-electron chi connectivity index (χ4n) is 1.11. The van der Waals surface area contributed by atoms with E-state index in [-0.39, 0.29) is 0 Å². The average Bonchev–Trinajstić information content (AvgIpc) is 2.63. The lowest BCUT2D eigenvalue weighted by molar-refractivity contribution is 0.863. The molecule has 15 heavy (non-hydrogen) atoms. The Morgan fingerprint density at radius 1 is 1.40 bits per heavy atom. The third kappa shape index (κ3) is 2.38. The summed E-state index contributed by atoms with van der Waals surface area (Å²) < 4.78 is 1.99. The number of hydrogen-bond donors (Lipinski definition) is 1. The summed E-state index contributed by atoms with van der Waals surface area (Å²) in [4.78, 5) is 0. The van der Waals surface area contributed by atoms with Crippen LogP contribution in [0.1, 0.15) is 11.1 Å². The van der Waals surface area contributed by atoms with Gasteiger partial charge in [-0.1, -0.05) is 29.8 Å². The second-order valence-electron chi connectivity index (χ2n) is 3.16. The molecule has 0 amide bonds. The molecular weight excluding hydrogens is 208 g/mol. The van der Waals surface area contributed by atoms with E-state index in [9.17, 15) is 0 Å². The summed E-state index contributed by atoms with van der Waals surface area (Å²) in [5.41, 5.74) is 2.26. The number of nitrogens with one attached hydrogen (secondary N) is 1. The molecule has 1 aromatic carbocycles. The third-order valence-corrected chi connectivity index (χ3v) is 2.22. The lowest BCUT2D eigenvalue weighted by Gasteiger charge is -1.94. The van der Waals surface area contributed by atoms with E-state index < -0.39 is 0 Å². The van der Waals surface area contributed by atoms with Gasteiger partial charge in [0.25, 0.3) is 0 Å². The highest BCUT2D eigenvalue weighted by atomic mass is 32.1. The minimum absolute atomic E-state index is 0.485. The van der Waals surface area contributed by atoms with Gasteiger partial charge >= 0.3 is 0 Å². The van der Waals surface area contributed by atoms with Gasteiger partial charge in [-0.05, 0) is 24.7 Å². The Morgan fingerprint density at radius 2 is 2.13 bits per heavy atom. The van der Waals surface area contributed by atoms with Crippen molar-refractivity contribution in [1.82, 2.24) is 14.9 Å². The van der Waals surface area contributed by atoms with Crippen LogP contribution >= 0.6 is 12.2 Å². The van der Waals surface area contributed by atoms with Crippen molar-refractivity contribution >= 4 is 18.4 Å². The van der Waals surface area contributed by atoms with Crippen LogP contribution in [0.4, 0.5) is 0 Å². The van der Waals surface area contributed by atoms with Crippen molar-refractivity contribution in [2.75, 3.05) is 0 Å². The predicted octanol–water partition coefficient (Wildman–Crippen LogP) is 2.13. The number of aromatic nitrogens is 3. The summed E-state index contributed by atoms with van der Waals surface area (Å²) in [5.74, 6) is 0. The maximum atomic E-state index is 4.95. The molecule has 2 aromatic rings. The van der Waals surface area contributed by atoms with E-state index in [1.54, 1.807) is 6.21 Å². The van der Waals surface area contributed by atoms with Crippen molar-refractivity contribution in [1.29, 1.82) is 0 Å². The molecule has 0 saturated carbocycles. The highest BCUT2D eigenvalue weighted by Gasteiger charge is 1.89. The molecule has 1 heterocycles. The number of benzene rings is 1. The monoisotopic (exact) mass is 218 g/mol. The van der Waals surface area contributed by atoms with E-state index in [4.69, 9.17) is 12.2 Å². The van der Waals surface area contributed by atoms with Crippen LogP contribution in [0.15, 0.2) is 35.7 Å². The summed E-state index contributed by atoms with van der Waals surface area (Å²) in [6.07, 6.45) is 3.28. The van der Waals surface area contributed by atoms with Crippen LogP contribution in [-0.2, 0) is 0 Å². The maximum absolute atomic E-state index is 4.95. The van der Waals surface area contributed by atoms with Crippen molar-refractivity contribution < 1.29 is 0 Å². The highest BCUT2D eigenvalue weighted by molar-refractivity contribution is 7.71. The molecule has 0 spiro atoms. The third-order valence-electron chi connectivity index (χ3n) is 1.94. The lowest BCUT2D eigenvalue weighted by atomic mass is 10.2. The van der Waals surface area contributed by atoms with E-state index in [1.807, 2.05) is 31.2 Å². The molecule has 0 saturated heterocycles. The van der Waals surface area contributed by atoms with Crippen LogP contribution in [0.2, 0.25) is 0 Å². The number of rotatable bonds is 2. The normalized spacial score (nSPS) is 11.0. The largest absolute Gasteiger partial charge is 0.250 e. The number of H-pyrrole nitrogens is 1. The Labute approximate surface area is 92.3 Å². The molecule has 0 atom stereocenters. The van der Waals surface area contributed by atoms with Gasteiger partial charge in [-0.15, -0.1) is 0 Å². The summed E-state index contributed by atoms with van der Waals surface area (Å²) in [5, 5.41) is 10.6. The van der Waals surface area contributed by atoms with Crippen molar-refractivity contribution in [3.05, 3.63) is 46.5 Å². The van der Waals surface area contributed by atoms with Gasteiger partial charge in [-0.3, -0.25) is 5.10 Å². The molecule has 1 N–H and O–H groups in total. The Hall–Kier alpha value is -1.75. The summed E-state index contributed by atoms with van der Waals surface area (Å²) in [7, 11) is 0. The zero-order valence-corrected chi connectivity index (χ0v) is 9.03. The smallest absolute Gasteiger partial charge is 0.216 e. The summed E-state index contributed by atoms with van der Waals surface area (Å²) in [6, 6.07) is 8.08. The number of aromatic amines is 1. The molecule has 0 aliphatic heterocycles. The first kappa shape index (κ1) is 9.79. The maximum Gasteiger partial charge on any atom is 0.216 e. The van der Waals surface area contributed by atoms with Crippen molar-refractivity contribution in [3.8, 4) is 0 Å². The van der Waals surface area contributed by atoms with Gasteiger partial charge in [0.15, 0.2) is 0 Å². The molecule has 0 fully saturated rings. The Morgan fingerprint density at radius 3 is 2.73 bits per heavy atom. The van der Waals surface area contributed by atoms with Crippen LogP contribution in [0.25, 0.3) is 0 Å². The molecule has 5 heteroatoms. The fraction of sp³-hybridized carbons (Fsp3) is 0.100. The lowest BCUT2D eigenvalue weighted by Crippen LogP contribution is -1.88. The molecule has 2 rings (SSSR count). The van der Waals surface area contributed by atoms with Crippen molar-refractivity contribution in [2.24, 2.45) is 5.10 Å². The predicted molar refractivity (Wildman–Crippen MR) is 61.6 cm³/mol. The summed E-state index contributed by atoms with van der Waals surface area (Å²) in [6.45, 7) is 2.05. The van der Waals surface area contributed by atoms with E-state index in [0.29, 0.717) is 4.77 Å². The van der Waals surface area contributed by atoms with Crippen LogP contribution < -0.4 is 0 Å². The van der Waals surface area contributed by atoms with Gasteiger partial charge in [0, 0.05) is 0 Å². The van der Waals surface area contributed by atoms with Crippen LogP contribution in [-0.4, -0.2) is 21.1 Å². The number of hydrogen-bond acceptors (Lipinski definition) is 3. The molecule has 1 aromatic heterocycles. The molecule has 0 unspecified atom stereocenters. The standard InChI is InChI=1S/C10H10N4S/c1-8-2-4-9(5-3-8)6-12-14-7-11-13-10(14)15/h2-7H,1H3,(H,13,15)/b12-6-. The number of aryl methyl sites for hydroxylation is 1. The minimum atomic E-state index is 0.485. The van der Waals surface area contributed by atoms with Crippen LogP contribution in [0, 0.1) is 11.7 Å². The van der Waals surface area contributed by atoms with E-state index in [1.165, 1.54) is 16.6 Å². The first-order valence-electron chi connectivity index (χ1n) is 4.49. The van der Waals surface area contributed by atoms with Gasteiger partial charge in [-0.2, -0.15) is 14.9 Å². The van der Waals surface area contributed by atoms with Gasteiger partial charge in [-0.25, -0.2) is 0 Å². The van der Waals surface area contributed by atoms with E-state index in [2.05, 4.69) is 15.3 Å². The molecule has 0 aliphatic rings. The molecule has 0 bridgehead atoms. The van der Waals surface area contributed by atoms with Gasteiger partial charge < -0.3 is 0 Å². The van der Waals surface area contributed by atoms with Crippen molar-refractivity contribution in [3.63, 3.8) is 0 Å². The zero-order valence-electron chi connectivity index (χ0n) is 8.21. The fourth-order valence-corrected chi connectivity index (χ4v) is 1.25. The molecule has 0 radical (unpaired) electrons. The van der Waals surface area contributed by atoms with E-state index in [0.717, 1.165) is 5.56 Å². The minimum Gasteiger partial charge on any atom is -0.250 e. The SMILES string of the molecule is Cc1ccc(/C=N\n2cn[nH]c2=S)cc1. The van der Waals surface area contributed by atoms with Crippen LogP contribution in [0.5, 0.6) is 0 Å². The molecule has 4 nitrogen and oxygen atoms in total. The summed E-state index contributed by atoms with van der Waals surface area (Å²) >= 11 is 4.95. The molecule has 76 valence electrons. The molecular formula is C10H10N4S. The first-order chi connectivity index (χ1) is 7.25. The molecule has 0 aliphatic carbocycles. The second kappa shape index (κ2) is 4.18. The second-order valence-corrected chi connectivity index (χ2v) is 3.55.